The molecule has 0 bridgehead atoms. The van der Waals surface area contributed by atoms with Crippen LogP contribution in [-0.2, 0) is 11.8 Å². The van der Waals surface area contributed by atoms with Gasteiger partial charge in [-0.3, -0.25) is 0 Å². The average molecular weight is 721 g/mol. The zero-order valence-electron chi connectivity index (χ0n) is 31.3. The van der Waals surface area contributed by atoms with Crippen LogP contribution in [0.1, 0.15) is 50.4 Å². The van der Waals surface area contributed by atoms with Gasteiger partial charge in [0, 0.05) is 5.92 Å². The van der Waals surface area contributed by atoms with Crippen molar-refractivity contribution in [2.45, 2.75) is 17.8 Å². The molecule has 0 aromatic heterocycles. The molecule has 0 saturated heterocycles. The Hall–Kier alpha value is -7.02. The lowest BCUT2D eigenvalue weighted by molar-refractivity contribution is 0.773. The first kappa shape index (κ1) is 31.2. The number of rotatable bonds is 3. The van der Waals surface area contributed by atoms with Crippen LogP contribution in [0.2, 0.25) is 0 Å². The maximum Gasteiger partial charge on any atom is 0.0725 e. The van der Waals surface area contributed by atoms with Gasteiger partial charge in [-0.2, -0.15) is 0 Å². The van der Waals surface area contributed by atoms with Crippen molar-refractivity contribution in [2.24, 2.45) is 0 Å². The van der Waals surface area contributed by atoms with Crippen molar-refractivity contribution in [2.75, 3.05) is 0 Å². The molecule has 0 aliphatic heterocycles. The Morgan fingerprint density at radius 3 is 1.93 bits per heavy atom. The lowest BCUT2D eigenvalue weighted by atomic mass is 9.61. The molecule has 0 heteroatoms. The molecule has 0 amide bonds. The summed E-state index contributed by atoms with van der Waals surface area (Å²) in [6.45, 7) is 0. The molecule has 9 aromatic carbocycles. The van der Waals surface area contributed by atoms with Crippen LogP contribution in [0.4, 0.5) is 0 Å². The Morgan fingerprint density at radius 1 is 0.439 bits per heavy atom. The third-order valence-corrected chi connectivity index (χ3v) is 13.6. The molecule has 13 rings (SSSR count). The molecular formula is C57H36. The summed E-state index contributed by atoms with van der Waals surface area (Å²) in [4.78, 5) is 0. The molecular weight excluding hydrogens is 685 g/mol. The standard InChI is InChI=1S/C57H36/c1-2-10-35(11-3-1)36-20-22-37(23-21-36)42-29-24-39-27-32-48-43(30-25-40-26-31-47(42)55(39)56(40)48)41-28-33-52-49(34-41)45-15-5-7-18-51(45)57(52)50-17-6-4-14-44(50)46-16-8-12-38-13-9-19-53(57)54(38)46/h1-25,27-34,42H,26H2. The van der Waals surface area contributed by atoms with Gasteiger partial charge < -0.3 is 0 Å². The van der Waals surface area contributed by atoms with E-state index in [1.807, 2.05) is 0 Å². The van der Waals surface area contributed by atoms with E-state index >= 15 is 0 Å². The highest BCUT2D eigenvalue weighted by Gasteiger charge is 2.50. The fourth-order valence-electron chi connectivity index (χ4n) is 11.2. The molecule has 264 valence electrons. The Morgan fingerprint density at radius 2 is 1.11 bits per heavy atom. The van der Waals surface area contributed by atoms with E-state index in [1.165, 1.54) is 116 Å². The highest BCUT2D eigenvalue weighted by atomic mass is 14.5. The van der Waals surface area contributed by atoms with Gasteiger partial charge in [0.2, 0.25) is 0 Å². The highest BCUT2D eigenvalue weighted by Crippen LogP contribution is 2.62. The third-order valence-electron chi connectivity index (χ3n) is 13.6. The van der Waals surface area contributed by atoms with Crippen LogP contribution in [0.3, 0.4) is 0 Å². The van der Waals surface area contributed by atoms with Crippen molar-refractivity contribution in [3.05, 3.63) is 239 Å². The van der Waals surface area contributed by atoms with E-state index in [0.29, 0.717) is 0 Å². The summed E-state index contributed by atoms with van der Waals surface area (Å²) < 4.78 is 0. The second-order valence-corrected chi connectivity index (χ2v) is 16.2. The van der Waals surface area contributed by atoms with E-state index in [4.69, 9.17) is 0 Å². The zero-order valence-corrected chi connectivity index (χ0v) is 31.3. The molecule has 57 heavy (non-hydrogen) atoms. The molecule has 0 nitrogen and oxygen atoms in total. The van der Waals surface area contributed by atoms with E-state index in [0.717, 1.165) is 6.42 Å². The largest absolute Gasteiger partial charge is 0.0753 e. The maximum absolute atomic E-state index is 2.50. The van der Waals surface area contributed by atoms with Gasteiger partial charge in [0.05, 0.1) is 5.41 Å². The highest BCUT2D eigenvalue weighted by molar-refractivity contribution is 6.11. The van der Waals surface area contributed by atoms with E-state index in [-0.39, 0.29) is 5.92 Å². The van der Waals surface area contributed by atoms with E-state index < -0.39 is 5.41 Å². The average Bonchev–Trinajstić information content (AvgIpc) is 3.57. The van der Waals surface area contributed by atoms with E-state index in [2.05, 4.69) is 200 Å². The minimum atomic E-state index is -0.402. The van der Waals surface area contributed by atoms with Gasteiger partial charge in [-0.1, -0.05) is 194 Å². The monoisotopic (exact) mass is 720 g/mol. The predicted octanol–water partition coefficient (Wildman–Crippen LogP) is 14.4. The van der Waals surface area contributed by atoms with Crippen LogP contribution in [0.25, 0.3) is 77.7 Å². The molecule has 1 spiro atoms. The van der Waals surface area contributed by atoms with Crippen LogP contribution in [0.5, 0.6) is 0 Å². The first-order valence-corrected chi connectivity index (χ1v) is 20.3. The first-order chi connectivity index (χ1) is 28.3. The van der Waals surface area contributed by atoms with Crippen molar-refractivity contribution in [3.63, 3.8) is 0 Å². The Kier molecular flexibility index (Phi) is 6.30. The lowest BCUT2D eigenvalue weighted by Crippen LogP contribution is -2.31. The number of hydrogen-bond acceptors (Lipinski definition) is 0. The summed E-state index contributed by atoms with van der Waals surface area (Å²) in [5.41, 5.74) is 22.4. The summed E-state index contributed by atoms with van der Waals surface area (Å²) >= 11 is 0. The van der Waals surface area contributed by atoms with Gasteiger partial charge in [0.15, 0.2) is 0 Å². The van der Waals surface area contributed by atoms with E-state index in [1.54, 1.807) is 0 Å². The van der Waals surface area contributed by atoms with Crippen LogP contribution in [0, 0.1) is 0 Å². The number of allylic oxidation sites excluding steroid dienone is 3. The third kappa shape index (κ3) is 4.12. The summed E-state index contributed by atoms with van der Waals surface area (Å²) in [6, 6.07) is 68.8. The maximum atomic E-state index is 2.50. The van der Waals surface area contributed by atoms with Crippen molar-refractivity contribution >= 4 is 33.2 Å². The molecule has 0 saturated carbocycles. The van der Waals surface area contributed by atoms with Gasteiger partial charge in [-0.25, -0.2) is 0 Å². The van der Waals surface area contributed by atoms with Gasteiger partial charge in [0.1, 0.15) is 0 Å². The van der Waals surface area contributed by atoms with E-state index in [9.17, 15) is 0 Å². The van der Waals surface area contributed by atoms with Crippen LogP contribution in [0.15, 0.2) is 194 Å². The normalized spacial score (nSPS) is 17.7. The van der Waals surface area contributed by atoms with Crippen LogP contribution >= 0.6 is 0 Å². The predicted molar refractivity (Wildman–Crippen MR) is 239 cm³/mol. The number of fused-ring (bicyclic) bond motifs is 9. The molecule has 0 radical (unpaired) electrons. The van der Waals surface area contributed by atoms with Crippen molar-refractivity contribution in [1.29, 1.82) is 0 Å². The minimum Gasteiger partial charge on any atom is -0.0753 e. The Balaban J connectivity index is 0.980. The zero-order chi connectivity index (χ0) is 37.2. The van der Waals surface area contributed by atoms with Gasteiger partial charge in [-0.15, -0.1) is 0 Å². The summed E-state index contributed by atoms with van der Waals surface area (Å²) in [5, 5.41) is 5.43. The second kappa shape index (κ2) is 11.5. The molecule has 9 aromatic rings. The second-order valence-electron chi connectivity index (χ2n) is 16.2. The van der Waals surface area contributed by atoms with Gasteiger partial charge in [-0.05, 0) is 129 Å². The molecule has 4 aliphatic rings. The van der Waals surface area contributed by atoms with Crippen molar-refractivity contribution in [1.82, 2.24) is 0 Å². The summed E-state index contributed by atoms with van der Waals surface area (Å²) in [7, 11) is 0. The van der Waals surface area contributed by atoms with Crippen molar-refractivity contribution < 1.29 is 0 Å². The number of hydrogen-bond donors (Lipinski definition) is 0. The van der Waals surface area contributed by atoms with Crippen LogP contribution < -0.4 is 0 Å². The SMILES string of the molecule is C1=CC(c2ccc(-c3ccccc3)cc2)C2=CCc3ccc(-c4ccc5c(c4)-c4ccccc4C54c5ccccc5-c5cccc6cccc4c56)c4ccc1c2c34. The summed E-state index contributed by atoms with van der Waals surface area (Å²) in [5.74, 6) is 0.227. The molecule has 0 fully saturated rings. The smallest absolute Gasteiger partial charge is 0.0725 e. The molecule has 2 unspecified atom stereocenters. The molecule has 4 aliphatic carbocycles. The fourth-order valence-corrected chi connectivity index (χ4v) is 11.2. The quantitative estimate of drug-likeness (QED) is 0.170. The minimum absolute atomic E-state index is 0.227. The molecule has 2 atom stereocenters. The van der Waals surface area contributed by atoms with Crippen LogP contribution in [-0.4, -0.2) is 0 Å². The first-order valence-electron chi connectivity index (χ1n) is 20.3. The molecule has 0 N–H and O–H groups in total. The number of benzene rings is 9. The lowest BCUT2D eigenvalue weighted by Gasteiger charge is -2.40. The Bertz CT molecular complexity index is 3240. The van der Waals surface area contributed by atoms with Crippen molar-refractivity contribution in [3.8, 4) is 44.5 Å². The van der Waals surface area contributed by atoms with Gasteiger partial charge >= 0.3 is 0 Å². The molecule has 0 heterocycles. The van der Waals surface area contributed by atoms with Gasteiger partial charge in [0.25, 0.3) is 0 Å². The summed E-state index contributed by atoms with van der Waals surface area (Å²) in [6.07, 6.45) is 8.20. The topological polar surface area (TPSA) is 0 Å². The fraction of sp³-hybridized carbons (Fsp3) is 0.0526. The Labute approximate surface area is 332 Å².